The van der Waals surface area contributed by atoms with Crippen LogP contribution in [0.2, 0.25) is 11.1 Å². The quantitative estimate of drug-likeness (QED) is 0.647. The SMILES string of the molecule is C[Se]C[C@@H](NC(C)=O)C(=O)O. The first kappa shape index (κ1) is 10.5. The van der Waals surface area contributed by atoms with Crippen molar-refractivity contribution in [3.8, 4) is 0 Å². The third-order valence-corrected chi connectivity index (χ3v) is 2.41. The maximum absolute atomic E-state index is 10.5. The fourth-order valence-electron chi connectivity index (χ4n) is 0.587. The van der Waals surface area contributed by atoms with Gasteiger partial charge in [0.1, 0.15) is 0 Å². The topological polar surface area (TPSA) is 66.4 Å². The summed E-state index contributed by atoms with van der Waals surface area (Å²) in [6.07, 6.45) is 0. The van der Waals surface area contributed by atoms with Gasteiger partial charge in [0.15, 0.2) is 0 Å². The number of amides is 1. The molecule has 0 radical (unpaired) electrons. The van der Waals surface area contributed by atoms with Gasteiger partial charge in [0.05, 0.1) is 0 Å². The summed E-state index contributed by atoms with van der Waals surface area (Å²) < 4.78 is 0. The molecule has 0 saturated carbocycles. The van der Waals surface area contributed by atoms with Gasteiger partial charge in [-0.2, -0.15) is 0 Å². The Labute approximate surface area is 71.5 Å². The molecule has 0 saturated heterocycles. The summed E-state index contributed by atoms with van der Waals surface area (Å²) in [5.74, 6) is 0.690. The zero-order valence-corrected chi connectivity index (χ0v) is 8.17. The van der Waals surface area contributed by atoms with Crippen molar-refractivity contribution in [3.05, 3.63) is 0 Å². The summed E-state index contributed by atoms with van der Waals surface area (Å²) in [5.41, 5.74) is 0. The summed E-state index contributed by atoms with van der Waals surface area (Å²) in [4.78, 5) is 20.9. The number of nitrogens with one attached hydrogen (secondary N) is 1. The van der Waals surface area contributed by atoms with E-state index >= 15 is 0 Å². The molecule has 1 amide bonds. The molecule has 64 valence electrons. The van der Waals surface area contributed by atoms with Crippen molar-refractivity contribution in [1.29, 1.82) is 0 Å². The van der Waals surface area contributed by atoms with E-state index in [1.807, 2.05) is 5.82 Å². The molecule has 11 heavy (non-hydrogen) atoms. The molecule has 2 N–H and O–H groups in total. The number of carbonyl (C=O) groups excluding carboxylic acids is 1. The van der Waals surface area contributed by atoms with Gasteiger partial charge in [0.2, 0.25) is 0 Å². The number of carboxylic acids is 1. The van der Waals surface area contributed by atoms with Crippen LogP contribution in [0.5, 0.6) is 0 Å². The standard InChI is InChI=1S/C6H11NO3Se/c1-4(8)7-5(3-11-2)6(9)10/h5H,3H2,1-2H3,(H,7,8)(H,9,10)/t5-/m1/s1. The molecule has 1 atom stereocenters. The predicted octanol–water partition coefficient (Wildman–Crippen LogP) is -0.254. The molecule has 0 heterocycles. The summed E-state index contributed by atoms with van der Waals surface area (Å²) in [6.45, 7) is 1.32. The van der Waals surface area contributed by atoms with E-state index in [1.165, 1.54) is 6.92 Å². The molecule has 0 rings (SSSR count). The van der Waals surface area contributed by atoms with Crippen LogP contribution < -0.4 is 5.32 Å². The molecule has 0 unspecified atom stereocenters. The molecule has 0 spiro atoms. The first-order chi connectivity index (χ1) is 5.07. The minimum absolute atomic E-state index is 0.269. The predicted molar refractivity (Wildman–Crippen MR) is 41.7 cm³/mol. The van der Waals surface area contributed by atoms with Crippen LogP contribution in [0.3, 0.4) is 0 Å². The van der Waals surface area contributed by atoms with Crippen molar-refractivity contribution in [2.75, 3.05) is 0 Å². The van der Waals surface area contributed by atoms with Gasteiger partial charge < -0.3 is 0 Å². The van der Waals surface area contributed by atoms with Crippen LogP contribution in [0.4, 0.5) is 0 Å². The van der Waals surface area contributed by atoms with E-state index in [1.54, 1.807) is 0 Å². The first-order valence-electron chi connectivity index (χ1n) is 3.06. The van der Waals surface area contributed by atoms with Gasteiger partial charge in [-0.05, 0) is 0 Å². The van der Waals surface area contributed by atoms with Gasteiger partial charge in [-0.25, -0.2) is 0 Å². The van der Waals surface area contributed by atoms with Gasteiger partial charge in [-0.15, -0.1) is 0 Å². The molecule has 0 aliphatic rings. The van der Waals surface area contributed by atoms with Crippen LogP contribution >= 0.6 is 0 Å². The fourth-order valence-corrected chi connectivity index (χ4v) is 1.76. The van der Waals surface area contributed by atoms with Crippen LogP contribution in [0.1, 0.15) is 6.92 Å². The third-order valence-electron chi connectivity index (χ3n) is 1.01. The summed E-state index contributed by atoms with van der Waals surface area (Å²) in [6, 6.07) is -0.697. The molecule has 5 heteroatoms. The molecule has 0 aliphatic carbocycles. The molecule has 0 aliphatic heterocycles. The normalized spacial score (nSPS) is 12.2. The molecule has 0 aromatic rings. The van der Waals surface area contributed by atoms with Gasteiger partial charge >= 0.3 is 71.0 Å². The number of carboxylic acid groups (broad SMARTS) is 1. The summed E-state index contributed by atoms with van der Waals surface area (Å²) >= 11 is 0.269. The zero-order chi connectivity index (χ0) is 8.85. The molecule has 0 aromatic heterocycles. The number of carbonyl (C=O) groups is 2. The van der Waals surface area contributed by atoms with E-state index in [2.05, 4.69) is 5.32 Å². The van der Waals surface area contributed by atoms with Gasteiger partial charge in [0, 0.05) is 0 Å². The van der Waals surface area contributed by atoms with Crippen LogP contribution in [0.15, 0.2) is 0 Å². The molecule has 0 fully saturated rings. The first-order valence-corrected chi connectivity index (χ1v) is 5.99. The monoisotopic (exact) mass is 225 g/mol. The van der Waals surface area contributed by atoms with Crippen molar-refractivity contribution in [2.24, 2.45) is 0 Å². The van der Waals surface area contributed by atoms with Crippen molar-refractivity contribution >= 4 is 26.8 Å². The van der Waals surface area contributed by atoms with E-state index < -0.39 is 12.0 Å². The Kier molecular flexibility index (Phi) is 4.90. The molecular formula is C6H11NO3Se. The van der Waals surface area contributed by atoms with E-state index in [0.29, 0.717) is 5.32 Å². The second kappa shape index (κ2) is 5.15. The molecule has 0 aromatic carbocycles. The Hall–Kier alpha value is -0.541. The Morgan fingerprint density at radius 2 is 2.18 bits per heavy atom. The van der Waals surface area contributed by atoms with Crippen LogP contribution in [0, 0.1) is 0 Å². The molecule has 4 nitrogen and oxygen atoms in total. The van der Waals surface area contributed by atoms with Crippen molar-refractivity contribution < 1.29 is 14.7 Å². The number of rotatable bonds is 4. The van der Waals surface area contributed by atoms with Gasteiger partial charge in [0.25, 0.3) is 0 Å². The Balaban J connectivity index is 3.89. The average molecular weight is 224 g/mol. The Morgan fingerprint density at radius 3 is 2.45 bits per heavy atom. The molecular weight excluding hydrogens is 213 g/mol. The van der Waals surface area contributed by atoms with Crippen LogP contribution in [-0.2, 0) is 9.59 Å². The maximum atomic E-state index is 10.5. The molecule has 0 bridgehead atoms. The Morgan fingerprint density at radius 1 is 1.64 bits per heavy atom. The third kappa shape index (κ3) is 4.81. The van der Waals surface area contributed by atoms with E-state index in [4.69, 9.17) is 5.11 Å². The number of hydrogen-bond donors (Lipinski definition) is 2. The summed E-state index contributed by atoms with van der Waals surface area (Å²) in [5, 5.41) is 11.4. The van der Waals surface area contributed by atoms with Crippen molar-refractivity contribution in [3.63, 3.8) is 0 Å². The van der Waals surface area contributed by atoms with Crippen molar-refractivity contribution in [1.82, 2.24) is 5.32 Å². The van der Waals surface area contributed by atoms with E-state index in [9.17, 15) is 9.59 Å². The van der Waals surface area contributed by atoms with Crippen LogP contribution in [0.25, 0.3) is 0 Å². The van der Waals surface area contributed by atoms with Crippen molar-refractivity contribution in [2.45, 2.75) is 24.1 Å². The fraction of sp³-hybridized carbons (Fsp3) is 0.667. The average Bonchev–Trinajstić information content (AvgIpc) is 1.86. The Bertz CT molecular complexity index is 160. The van der Waals surface area contributed by atoms with Crippen LogP contribution in [-0.4, -0.2) is 38.0 Å². The number of aliphatic carboxylic acids is 1. The van der Waals surface area contributed by atoms with E-state index in [0.717, 1.165) is 0 Å². The summed E-state index contributed by atoms with van der Waals surface area (Å²) in [7, 11) is 0. The van der Waals surface area contributed by atoms with Gasteiger partial charge in [-0.1, -0.05) is 0 Å². The zero-order valence-electron chi connectivity index (χ0n) is 6.46. The van der Waals surface area contributed by atoms with E-state index in [-0.39, 0.29) is 20.9 Å². The number of hydrogen-bond acceptors (Lipinski definition) is 2. The van der Waals surface area contributed by atoms with Gasteiger partial charge in [-0.3, -0.25) is 0 Å². The second-order valence-electron chi connectivity index (χ2n) is 2.05. The minimum atomic E-state index is -0.955. The second-order valence-corrected chi connectivity index (χ2v) is 3.96.